The summed E-state index contributed by atoms with van der Waals surface area (Å²) < 4.78 is 0. The van der Waals surface area contributed by atoms with E-state index in [1.54, 1.807) is 11.9 Å². The predicted octanol–water partition coefficient (Wildman–Crippen LogP) is -1.71. The van der Waals surface area contributed by atoms with E-state index in [-0.39, 0.29) is 17.9 Å². The summed E-state index contributed by atoms with van der Waals surface area (Å²) in [5.41, 5.74) is 5.14. The molecule has 5 heteroatoms. The lowest BCUT2D eigenvalue weighted by Crippen LogP contribution is -2.46. The van der Waals surface area contributed by atoms with Gasteiger partial charge in [-0.05, 0) is 7.05 Å². The molecule has 1 heterocycles. The minimum atomic E-state index is -0.389. The number of amides is 2. The molecule has 0 radical (unpaired) electrons. The highest BCUT2D eigenvalue weighted by Crippen LogP contribution is 2.00. The molecule has 1 atom stereocenters. The molecule has 68 valence electrons. The largest absolute Gasteiger partial charge is 0.368 e. The number of carbonyl (C=O) groups is 2. The van der Waals surface area contributed by atoms with Gasteiger partial charge in [0.25, 0.3) is 0 Å². The first-order valence-corrected chi connectivity index (χ1v) is 3.87. The summed E-state index contributed by atoms with van der Waals surface area (Å²) in [6.07, 6.45) is 0.431. The van der Waals surface area contributed by atoms with Gasteiger partial charge in [-0.1, -0.05) is 0 Å². The second-order valence-electron chi connectivity index (χ2n) is 2.95. The first-order chi connectivity index (χ1) is 5.61. The Morgan fingerprint density at radius 1 is 1.75 bits per heavy atom. The third-order valence-corrected chi connectivity index (χ3v) is 2.04. The SMILES string of the molecule is CN1CCC(=O)NCC1C(N)=O. The van der Waals surface area contributed by atoms with Crippen LogP contribution < -0.4 is 11.1 Å². The highest BCUT2D eigenvalue weighted by atomic mass is 16.2. The molecular formula is C7H13N3O2. The van der Waals surface area contributed by atoms with Crippen molar-refractivity contribution in [1.29, 1.82) is 0 Å². The average Bonchev–Trinajstić information content (AvgIpc) is 2.14. The van der Waals surface area contributed by atoms with Gasteiger partial charge in [-0.15, -0.1) is 0 Å². The third-order valence-electron chi connectivity index (χ3n) is 2.04. The Kier molecular flexibility index (Phi) is 2.65. The van der Waals surface area contributed by atoms with Crippen LogP contribution in [0.3, 0.4) is 0 Å². The number of nitrogens with zero attached hydrogens (tertiary/aromatic N) is 1. The van der Waals surface area contributed by atoms with Crippen molar-refractivity contribution in [3.63, 3.8) is 0 Å². The van der Waals surface area contributed by atoms with Crippen LogP contribution in [0, 0.1) is 0 Å². The summed E-state index contributed by atoms with van der Waals surface area (Å²) in [6.45, 7) is 0.907. The van der Waals surface area contributed by atoms with E-state index in [1.165, 1.54) is 0 Å². The monoisotopic (exact) mass is 171 g/mol. The quantitative estimate of drug-likeness (QED) is 0.493. The van der Waals surface area contributed by atoms with Crippen LogP contribution in [0.1, 0.15) is 6.42 Å². The molecule has 0 aromatic heterocycles. The van der Waals surface area contributed by atoms with Gasteiger partial charge in [0.05, 0.1) is 0 Å². The molecule has 1 unspecified atom stereocenters. The number of hydrogen-bond acceptors (Lipinski definition) is 3. The standard InChI is InChI=1S/C7H13N3O2/c1-10-3-2-6(11)9-4-5(10)7(8)12/h5H,2-4H2,1H3,(H2,8,12)(H,9,11). The lowest BCUT2D eigenvalue weighted by atomic mass is 10.2. The number of rotatable bonds is 1. The Morgan fingerprint density at radius 2 is 2.42 bits per heavy atom. The molecule has 3 N–H and O–H groups in total. The van der Waals surface area contributed by atoms with E-state index in [0.29, 0.717) is 19.5 Å². The van der Waals surface area contributed by atoms with E-state index in [4.69, 9.17) is 5.73 Å². The Balaban J connectivity index is 2.62. The van der Waals surface area contributed by atoms with Crippen molar-refractivity contribution in [3.05, 3.63) is 0 Å². The number of nitrogens with two attached hydrogens (primary N) is 1. The molecule has 2 amide bonds. The molecule has 1 aliphatic heterocycles. The number of primary amides is 1. The number of carbonyl (C=O) groups excluding carboxylic acids is 2. The van der Waals surface area contributed by atoms with Crippen LogP contribution in [0.5, 0.6) is 0 Å². The number of nitrogens with one attached hydrogen (secondary N) is 1. The molecule has 5 nitrogen and oxygen atoms in total. The maximum Gasteiger partial charge on any atom is 0.236 e. The summed E-state index contributed by atoms with van der Waals surface area (Å²) in [6, 6.07) is -0.364. The normalized spacial score (nSPS) is 26.1. The van der Waals surface area contributed by atoms with E-state index in [9.17, 15) is 9.59 Å². The summed E-state index contributed by atoms with van der Waals surface area (Å²) in [4.78, 5) is 23.6. The number of likely N-dealkylation sites (N-methyl/N-ethyl adjacent to an activating group) is 1. The van der Waals surface area contributed by atoms with Crippen LogP contribution in [0.4, 0.5) is 0 Å². The van der Waals surface area contributed by atoms with Crippen LogP contribution in [0.2, 0.25) is 0 Å². The Labute approximate surface area is 70.9 Å². The van der Waals surface area contributed by atoms with Crippen molar-refractivity contribution in [3.8, 4) is 0 Å². The molecule has 0 aromatic carbocycles. The molecule has 1 saturated heterocycles. The Hall–Kier alpha value is -1.10. The molecule has 1 fully saturated rings. The van der Waals surface area contributed by atoms with Crippen molar-refractivity contribution in [2.75, 3.05) is 20.1 Å². The van der Waals surface area contributed by atoms with Crippen molar-refractivity contribution in [2.24, 2.45) is 5.73 Å². The first kappa shape index (κ1) is 8.99. The zero-order valence-electron chi connectivity index (χ0n) is 7.04. The Morgan fingerprint density at radius 3 is 3.00 bits per heavy atom. The van der Waals surface area contributed by atoms with Crippen LogP contribution >= 0.6 is 0 Å². The highest BCUT2D eigenvalue weighted by Gasteiger charge is 2.24. The van der Waals surface area contributed by atoms with Crippen LogP contribution in [0.25, 0.3) is 0 Å². The second-order valence-corrected chi connectivity index (χ2v) is 2.95. The predicted molar refractivity (Wildman–Crippen MR) is 43.2 cm³/mol. The number of hydrogen-bond donors (Lipinski definition) is 2. The third kappa shape index (κ3) is 1.94. The smallest absolute Gasteiger partial charge is 0.236 e. The molecule has 1 aliphatic rings. The average molecular weight is 171 g/mol. The Bertz CT molecular complexity index is 205. The fourth-order valence-corrected chi connectivity index (χ4v) is 1.21. The maximum absolute atomic E-state index is 10.9. The molecule has 0 aromatic rings. The minimum absolute atomic E-state index is 0.0226. The van der Waals surface area contributed by atoms with E-state index < -0.39 is 0 Å². The van der Waals surface area contributed by atoms with Gasteiger partial charge in [0.15, 0.2) is 0 Å². The summed E-state index contributed by atoms with van der Waals surface area (Å²) in [7, 11) is 1.79. The van der Waals surface area contributed by atoms with Gasteiger partial charge >= 0.3 is 0 Å². The van der Waals surface area contributed by atoms with Crippen molar-refractivity contribution < 1.29 is 9.59 Å². The molecular weight excluding hydrogens is 158 g/mol. The summed E-state index contributed by atoms with van der Waals surface area (Å²) in [5, 5.41) is 2.62. The molecule has 0 spiro atoms. The molecule has 0 bridgehead atoms. The molecule has 1 rings (SSSR count). The summed E-state index contributed by atoms with van der Waals surface area (Å²) in [5.74, 6) is -0.412. The van der Waals surface area contributed by atoms with Crippen LogP contribution in [0.15, 0.2) is 0 Å². The molecule has 12 heavy (non-hydrogen) atoms. The van der Waals surface area contributed by atoms with Gasteiger partial charge in [0.1, 0.15) is 6.04 Å². The second kappa shape index (κ2) is 3.53. The fourth-order valence-electron chi connectivity index (χ4n) is 1.21. The van der Waals surface area contributed by atoms with Crippen LogP contribution in [-0.2, 0) is 9.59 Å². The van der Waals surface area contributed by atoms with Crippen molar-refractivity contribution in [1.82, 2.24) is 10.2 Å². The lowest BCUT2D eigenvalue weighted by Gasteiger charge is -2.21. The van der Waals surface area contributed by atoms with Gasteiger partial charge in [0, 0.05) is 19.5 Å². The van der Waals surface area contributed by atoms with E-state index in [0.717, 1.165) is 0 Å². The maximum atomic E-state index is 10.9. The lowest BCUT2D eigenvalue weighted by molar-refractivity contribution is -0.122. The van der Waals surface area contributed by atoms with Gasteiger partial charge in [-0.2, -0.15) is 0 Å². The van der Waals surface area contributed by atoms with Crippen LogP contribution in [-0.4, -0.2) is 42.9 Å². The van der Waals surface area contributed by atoms with E-state index in [2.05, 4.69) is 5.32 Å². The first-order valence-electron chi connectivity index (χ1n) is 3.87. The van der Waals surface area contributed by atoms with Crippen molar-refractivity contribution in [2.45, 2.75) is 12.5 Å². The summed E-state index contributed by atoms with van der Waals surface area (Å²) >= 11 is 0. The zero-order valence-corrected chi connectivity index (χ0v) is 7.04. The van der Waals surface area contributed by atoms with E-state index in [1.807, 2.05) is 0 Å². The fraction of sp³-hybridized carbons (Fsp3) is 0.714. The molecule has 0 aliphatic carbocycles. The topological polar surface area (TPSA) is 75.4 Å². The van der Waals surface area contributed by atoms with Gasteiger partial charge in [0.2, 0.25) is 11.8 Å². The minimum Gasteiger partial charge on any atom is -0.368 e. The van der Waals surface area contributed by atoms with Crippen molar-refractivity contribution >= 4 is 11.8 Å². The zero-order chi connectivity index (χ0) is 9.14. The molecule has 0 saturated carbocycles. The van der Waals surface area contributed by atoms with Gasteiger partial charge in [-0.3, -0.25) is 14.5 Å². The van der Waals surface area contributed by atoms with E-state index >= 15 is 0 Å². The van der Waals surface area contributed by atoms with Gasteiger partial charge < -0.3 is 11.1 Å². The highest BCUT2D eigenvalue weighted by molar-refractivity contribution is 5.83. The van der Waals surface area contributed by atoms with Gasteiger partial charge in [-0.25, -0.2) is 0 Å².